The van der Waals surface area contributed by atoms with Crippen LogP contribution in [0.5, 0.6) is 0 Å². The molecule has 4 aromatic carbocycles. The summed E-state index contributed by atoms with van der Waals surface area (Å²) < 4.78 is 6.40. The highest BCUT2D eigenvalue weighted by Gasteiger charge is 2.20. The van der Waals surface area contributed by atoms with Crippen LogP contribution in [0.25, 0.3) is 45.2 Å². The number of hydrogen-bond acceptors (Lipinski definition) is 3. The Kier molecular flexibility index (Phi) is 5.17. The van der Waals surface area contributed by atoms with Crippen LogP contribution >= 0.6 is 0 Å². The molecular formula is C28H21NO2. The number of aliphatic hydroxyl groups excluding tert-OH is 1. The van der Waals surface area contributed by atoms with E-state index in [1.807, 2.05) is 103 Å². The van der Waals surface area contributed by atoms with Crippen LogP contribution in [0.15, 0.2) is 114 Å². The van der Waals surface area contributed by atoms with Gasteiger partial charge in [0.05, 0.1) is 6.61 Å². The normalized spacial score (nSPS) is 10.9. The third-order valence-electron chi connectivity index (χ3n) is 5.29. The van der Waals surface area contributed by atoms with E-state index in [-0.39, 0.29) is 6.61 Å². The molecule has 0 saturated carbocycles. The first kappa shape index (κ1) is 19.0. The number of hydrogen-bond donors (Lipinski definition) is 1. The number of oxazole rings is 1. The fourth-order valence-corrected chi connectivity index (χ4v) is 3.77. The lowest BCUT2D eigenvalue weighted by atomic mass is 9.98. The molecule has 0 aliphatic heterocycles. The monoisotopic (exact) mass is 403 g/mol. The molecule has 0 fully saturated rings. The van der Waals surface area contributed by atoms with Crippen molar-refractivity contribution in [3.63, 3.8) is 0 Å². The first-order valence-electron chi connectivity index (χ1n) is 10.2. The second-order valence-corrected chi connectivity index (χ2v) is 7.33. The summed E-state index contributed by atoms with van der Waals surface area (Å²) in [5, 5.41) is 9.56. The van der Waals surface area contributed by atoms with E-state index in [9.17, 15) is 5.11 Å². The Hall–Kier alpha value is -3.95. The van der Waals surface area contributed by atoms with E-state index in [0.717, 1.165) is 44.8 Å². The highest BCUT2D eigenvalue weighted by molar-refractivity contribution is 5.84. The third-order valence-corrected chi connectivity index (χ3v) is 5.29. The van der Waals surface area contributed by atoms with Gasteiger partial charge in [-0.3, -0.25) is 0 Å². The summed E-state index contributed by atoms with van der Waals surface area (Å²) in [6, 6.07) is 36.1. The van der Waals surface area contributed by atoms with Crippen LogP contribution in [0.2, 0.25) is 0 Å². The second kappa shape index (κ2) is 8.42. The van der Waals surface area contributed by atoms with Gasteiger partial charge in [-0.25, -0.2) is 4.98 Å². The van der Waals surface area contributed by atoms with Gasteiger partial charge in [0.15, 0.2) is 5.76 Å². The molecule has 0 radical (unpaired) electrons. The van der Waals surface area contributed by atoms with Crippen LogP contribution in [0.1, 0.15) is 5.56 Å². The molecule has 5 rings (SSSR count). The van der Waals surface area contributed by atoms with E-state index in [1.165, 1.54) is 0 Å². The van der Waals surface area contributed by atoms with E-state index < -0.39 is 0 Å². The molecule has 0 atom stereocenters. The van der Waals surface area contributed by atoms with Crippen molar-refractivity contribution in [2.45, 2.75) is 6.61 Å². The smallest absolute Gasteiger partial charge is 0.227 e. The van der Waals surface area contributed by atoms with Crippen molar-refractivity contribution in [3.8, 4) is 45.2 Å². The van der Waals surface area contributed by atoms with Gasteiger partial charge in [-0.15, -0.1) is 0 Å². The predicted molar refractivity (Wildman–Crippen MR) is 124 cm³/mol. The van der Waals surface area contributed by atoms with Crippen molar-refractivity contribution in [2.24, 2.45) is 0 Å². The van der Waals surface area contributed by atoms with Gasteiger partial charge >= 0.3 is 0 Å². The molecule has 150 valence electrons. The molecule has 0 aliphatic carbocycles. The fraction of sp³-hybridized carbons (Fsp3) is 0.0357. The lowest BCUT2D eigenvalue weighted by molar-refractivity contribution is 0.282. The third kappa shape index (κ3) is 3.79. The number of nitrogens with zero attached hydrogens (tertiary/aromatic N) is 1. The van der Waals surface area contributed by atoms with E-state index in [1.54, 1.807) is 0 Å². The van der Waals surface area contributed by atoms with E-state index in [2.05, 4.69) is 6.07 Å². The quantitative estimate of drug-likeness (QED) is 0.350. The summed E-state index contributed by atoms with van der Waals surface area (Å²) in [6.07, 6.45) is 0. The summed E-state index contributed by atoms with van der Waals surface area (Å²) in [6.45, 7) is 0.00528. The highest BCUT2D eigenvalue weighted by Crippen LogP contribution is 2.39. The summed E-state index contributed by atoms with van der Waals surface area (Å²) in [4.78, 5) is 4.94. The van der Waals surface area contributed by atoms with Crippen LogP contribution < -0.4 is 0 Å². The number of aliphatic hydroxyl groups is 1. The Morgan fingerprint density at radius 3 is 1.94 bits per heavy atom. The van der Waals surface area contributed by atoms with Gasteiger partial charge < -0.3 is 9.52 Å². The molecule has 0 unspecified atom stereocenters. The molecule has 0 spiro atoms. The molecule has 0 bridgehead atoms. The summed E-state index contributed by atoms with van der Waals surface area (Å²) in [7, 11) is 0. The zero-order valence-corrected chi connectivity index (χ0v) is 16.9. The first-order chi connectivity index (χ1) is 15.3. The average molecular weight is 403 g/mol. The van der Waals surface area contributed by atoms with Crippen molar-refractivity contribution >= 4 is 0 Å². The highest BCUT2D eigenvalue weighted by atomic mass is 16.4. The van der Waals surface area contributed by atoms with Crippen molar-refractivity contribution in [3.05, 3.63) is 115 Å². The molecule has 3 nitrogen and oxygen atoms in total. The van der Waals surface area contributed by atoms with E-state index >= 15 is 0 Å². The van der Waals surface area contributed by atoms with Crippen molar-refractivity contribution in [2.75, 3.05) is 0 Å². The van der Waals surface area contributed by atoms with Gasteiger partial charge in [0.25, 0.3) is 0 Å². The van der Waals surface area contributed by atoms with Gasteiger partial charge in [-0.2, -0.15) is 0 Å². The Labute approximate surface area is 181 Å². The Morgan fingerprint density at radius 2 is 1.23 bits per heavy atom. The molecule has 0 saturated heterocycles. The van der Waals surface area contributed by atoms with Gasteiger partial charge in [0, 0.05) is 16.7 Å². The zero-order valence-electron chi connectivity index (χ0n) is 16.9. The second-order valence-electron chi connectivity index (χ2n) is 7.33. The fourth-order valence-electron chi connectivity index (χ4n) is 3.77. The predicted octanol–water partition coefficient (Wildman–Crippen LogP) is 6.83. The van der Waals surface area contributed by atoms with Crippen molar-refractivity contribution < 1.29 is 9.52 Å². The van der Waals surface area contributed by atoms with Crippen LogP contribution in [0.4, 0.5) is 0 Å². The number of rotatable bonds is 5. The molecule has 1 N–H and O–H groups in total. The lowest BCUT2D eigenvalue weighted by Crippen LogP contribution is -1.88. The van der Waals surface area contributed by atoms with E-state index in [4.69, 9.17) is 9.40 Å². The minimum absolute atomic E-state index is 0.00528. The topological polar surface area (TPSA) is 46.3 Å². The van der Waals surface area contributed by atoms with Crippen LogP contribution in [-0.4, -0.2) is 10.1 Å². The molecule has 1 heterocycles. The maximum Gasteiger partial charge on any atom is 0.227 e. The SMILES string of the molecule is OCc1cccc(-c2ccccc2-c2nc(-c3ccccc3)c(-c3ccccc3)o2)c1. The lowest BCUT2D eigenvalue weighted by Gasteiger charge is -2.08. The molecule has 0 amide bonds. The number of benzene rings is 4. The average Bonchev–Trinajstić information content (AvgIpc) is 3.31. The first-order valence-corrected chi connectivity index (χ1v) is 10.2. The maximum atomic E-state index is 9.56. The molecule has 31 heavy (non-hydrogen) atoms. The van der Waals surface area contributed by atoms with E-state index in [0.29, 0.717) is 5.89 Å². The summed E-state index contributed by atoms with van der Waals surface area (Å²) >= 11 is 0. The van der Waals surface area contributed by atoms with Gasteiger partial charge in [0.1, 0.15) is 5.69 Å². The minimum Gasteiger partial charge on any atom is -0.435 e. The molecular weight excluding hydrogens is 382 g/mol. The van der Waals surface area contributed by atoms with Crippen LogP contribution in [-0.2, 0) is 6.61 Å². The molecule has 0 aliphatic rings. The maximum absolute atomic E-state index is 9.56. The minimum atomic E-state index is 0.00528. The van der Waals surface area contributed by atoms with Crippen molar-refractivity contribution in [1.29, 1.82) is 0 Å². The Morgan fingerprint density at radius 1 is 0.613 bits per heavy atom. The van der Waals surface area contributed by atoms with Gasteiger partial charge in [-0.1, -0.05) is 97.1 Å². The summed E-state index contributed by atoms with van der Waals surface area (Å²) in [5.74, 6) is 1.32. The van der Waals surface area contributed by atoms with Gasteiger partial charge in [-0.05, 0) is 28.8 Å². The van der Waals surface area contributed by atoms with Gasteiger partial charge in [0.2, 0.25) is 5.89 Å². The standard InChI is InChI=1S/C28H21NO2/c30-19-20-10-9-15-23(18-20)24-16-7-8-17-25(24)28-29-26(21-11-3-1-4-12-21)27(31-28)22-13-5-2-6-14-22/h1-18,30H,19H2. The van der Waals surface area contributed by atoms with Crippen molar-refractivity contribution in [1.82, 2.24) is 4.98 Å². The van der Waals surface area contributed by atoms with Crippen LogP contribution in [0.3, 0.4) is 0 Å². The Bertz CT molecular complexity index is 1250. The Balaban J connectivity index is 1.70. The van der Waals surface area contributed by atoms with Crippen LogP contribution in [0, 0.1) is 0 Å². The largest absolute Gasteiger partial charge is 0.435 e. The summed E-state index contributed by atoms with van der Waals surface area (Å²) in [5.41, 5.74) is 6.63. The molecule has 1 aromatic heterocycles. The zero-order chi connectivity index (χ0) is 21.0. The number of aromatic nitrogens is 1. The molecule has 3 heteroatoms. The molecule has 5 aromatic rings.